The number of nitriles is 1. The Morgan fingerprint density at radius 2 is 1.88 bits per heavy atom. The lowest BCUT2D eigenvalue weighted by atomic mass is 10.0. The molecule has 0 bridgehead atoms. The van der Waals surface area contributed by atoms with Crippen LogP contribution in [0.1, 0.15) is 11.1 Å². The van der Waals surface area contributed by atoms with E-state index < -0.39 is 0 Å². The highest BCUT2D eigenvalue weighted by molar-refractivity contribution is 5.71. The van der Waals surface area contributed by atoms with Crippen LogP contribution in [-0.2, 0) is 6.61 Å². The van der Waals surface area contributed by atoms with E-state index in [0.717, 1.165) is 16.7 Å². The van der Waals surface area contributed by atoms with Gasteiger partial charge in [0.2, 0.25) is 5.88 Å². The van der Waals surface area contributed by atoms with E-state index in [1.807, 2.05) is 48.5 Å². The van der Waals surface area contributed by atoms with Gasteiger partial charge in [0, 0.05) is 23.4 Å². The summed E-state index contributed by atoms with van der Waals surface area (Å²) in [5.41, 5.74) is 3.37. The van der Waals surface area contributed by atoms with Crippen molar-refractivity contribution in [3.8, 4) is 28.8 Å². The number of rotatable bonds is 5. The van der Waals surface area contributed by atoms with E-state index in [9.17, 15) is 0 Å². The average Bonchev–Trinajstić information content (AvgIpc) is 2.67. The van der Waals surface area contributed by atoms with Crippen LogP contribution in [-0.4, -0.2) is 12.1 Å². The third-order valence-electron chi connectivity index (χ3n) is 3.60. The Kier molecular flexibility index (Phi) is 4.73. The minimum absolute atomic E-state index is 0.462. The quantitative estimate of drug-likeness (QED) is 0.707. The van der Waals surface area contributed by atoms with E-state index >= 15 is 0 Å². The largest absolute Gasteiger partial charge is 0.488 e. The van der Waals surface area contributed by atoms with Gasteiger partial charge in [0.1, 0.15) is 12.4 Å². The molecule has 0 aliphatic carbocycles. The van der Waals surface area contributed by atoms with Crippen molar-refractivity contribution in [2.24, 2.45) is 0 Å². The lowest BCUT2D eigenvalue weighted by Gasteiger charge is -2.12. The van der Waals surface area contributed by atoms with E-state index in [0.29, 0.717) is 23.8 Å². The number of hydrogen-bond acceptors (Lipinski definition) is 4. The van der Waals surface area contributed by atoms with Crippen LogP contribution in [0.3, 0.4) is 0 Å². The molecule has 0 radical (unpaired) electrons. The zero-order valence-electron chi connectivity index (χ0n) is 13.3. The number of nitrogens with zero attached hydrogens (tertiary/aromatic N) is 2. The standard InChI is InChI=1S/C20H16N2O2/c1-23-20-10-8-17(13-22-20)18-11-16(12-21)7-9-19(18)24-14-15-5-3-2-4-6-15/h2-11,13H,14H2,1H3. The highest BCUT2D eigenvalue weighted by Crippen LogP contribution is 2.32. The average molecular weight is 316 g/mol. The Balaban J connectivity index is 1.92. The predicted molar refractivity (Wildman–Crippen MR) is 91.7 cm³/mol. The van der Waals surface area contributed by atoms with Gasteiger partial charge in [0.15, 0.2) is 0 Å². The number of methoxy groups -OCH3 is 1. The molecule has 118 valence electrons. The normalized spacial score (nSPS) is 10.0. The molecule has 4 heteroatoms. The summed E-state index contributed by atoms with van der Waals surface area (Å²) in [4.78, 5) is 4.23. The fraction of sp³-hybridized carbons (Fsp3) is 0.100. The number of pyridine rings is 1. The molecule has 0 saturated carbocycles. The third kappa shape index (κ3) is 3.53. The molecule has 0 amide bonds. The molecule has 0 fully saturated rings. The summed E-state index contributed by atoms with van der Waals surface area (Å²) in [6.07, 6.45) is 1.71. The van der Waals surface area contributed by atoms with Gasteiger partial charge in [-0.1, -0.05) is 30.3 Å². The molecule has 3 rings (SSSR count). The zero-order chi connectivity index (χ0) is 16.8. The van der Waals surface area contributed by atoms with Crippen molar-refractivity contribution in [3.63, 3.8) is 0 Å². The van der Waals surface area contributed by atoms with Crippen LogP contribution in [0.5, 0.6) is 11.6 Å². The summed E-state index contributed by atoms with van der Waals surface area (Å²) in [7, 11) is 1.58. The monoisotopic (exact) mass is 316 g/mol. The molecular weight excluding hydrogens is 300 g/mol. The fourth-order valence-electron chi connectivity index (χ4n) is 2.35. The topological polar surface area (TPSA) is 55.1 Å². The van der Waals surface area contributed by atoms with Crippen LogP contribution in [0, 0.1) is 11.3 Å². The van der Waals surface area contributed by atoms with Gasteiger partial charge in [-0.15, -0.1) is 0 Å². The zero-order valence-corrected chi connectivity index (χ0v) is 13.3. The summed E-state index contributed by atoms with van der Waals surface area (Å²) in [5.74, 6) is 1.26. The summed E-state index contributed by atoms with van der Waals surface area (Å²) in [6, 6.07) is 21.2. The number of benzene rings is 2. The molecule has 1 aromatic heterocycles. The second-order valence-corrected chi connectivity index (χ2v) is 5.19. The maximum atomic E-state index is 9.16. The van der Waals surface area contributed by atoms with E-state index in [2.05, 4.69) is 11.1 Å². The lowest BCUT2D eigenvalue weighted by molar-refractivity contribution is 0.307. The first-order chi connectivity index (χ1) is 11.8. The smallest absolute Gasteiger partial charge is 0.212 e. The van der Waals surface area contributed by atoms with Crippen molar-refractivity contribution in [3.05, 3.63) is 78.0 Å². The Morgan fingerprint density at radius 3 is 2.54 bits per heavy atom. The second-order valence-electron chi connectivity index (χ2n) is 5.19. The van der Waals surface area contributed by atoms with Gasteiger partial charge < -0.3 is 9.47 Å². The molecule has 0 aliphatic heterocycles. The van der Waals surface area contributed by atoms with E-state index in [1.165, 1.54) is 0 Å². The fourth-order valence-corrected chi connectivity index (χ4v) is 2.35. The van der Waals surface area contributed by atoms with Gasteiger partial charge in [0.05, 0.1) is 18.7 Å². The summed E-state index contributed by atoms with van der Waals surface area (Å²) in [6.45, 7) is 0.462. The van der Waals surface area contributed by atoms with Crippen molar-refractivity contribution in [2.75, 3.05) is 7.11 Å². The molecule has 0 N–H and O–H groups in total. The Hall–Kier alpha value is -3.32. The van der Waals surface area contributed by atoms with Crippen molar-refractivity contribution in [2.45, 2.75) is 6.61 Å². The third-order valence-corrected chi connectivity index (χ3v) is 3.60. The van der Waals surface area contributed by atoms with Gasteiger partial charge >= 0.3 is 0 Å². The molecule has 0 aliphatic rings. The van der Waals surface area contributed by atoms with Crippen molar-refractivity contribution in [1.29, 1.82) is 5.26 Å². The van der Waals surface area contributed by atoms with Gasteiger partial charge in [-0.05, 0) is 29.8 Å². The van der Waals surface area contributed by atoms with Gasteiger partial charge in [-0.3, -0.25) is 0 Å². The molecule has 3 aromatic rings. The summed E-state index contributed by atoms with van der Waals surface area (Å²) >= 11 is 0. The van der Waals surface area contributed by atoms with Crippen LogP contribution in [0.2, 0.25) is 0 Å². The number of ether oxygens (including phenoxy) is 2. The van der Waals surface area contributed by atoms with Crippen molar-refractivity contribution < 1.29 is 9.47 Å². The molecule has 1 heterocycles. The molecule has 24 heavy (non-hydrogen) atoms. The Morgan fingerprint density at radius 1 is 1.04 bits per heavy atom. The van der Waals surface area contributed by atoms with Crippen LogP contribution >= 0.6 is 0 Å². The van der Waals surface area contributed by atoms with Gasteiger partial charge in [-0.2, -0.15) is 5.26 Å². The molecule has 4 nitrogen and oxygen atoms in total. The SMILES string of the molecule is COc1ccc(-c2cc(C#N)ccc2OCc2ccccc2)cn1. The predicted octanol–water partition coefficient (Wildman–Crippen LogP) is 4.21. The summed E-state index contributed by atoms with van der Waals surface area (Å²) in [5, 5.41) is 9.16. The van der Waals surface area contributed by atoms with Crippen LogP contribution in [0.15, 0.2) is 66.9 Å². The highest BCUT2D eigenvalue weighted by atomic mass is 16.5. The van der Waals surface area contributed by atoms with Gasteiger partial charge in [0.25, 0.3) is 0 Å². The first-order valence-electron chi connectivity index (χ1n) is 7.51. The van der Waals surface area contributed by atoms with Crippen molar-refractivity contribution in [1.82, 2.24) is 4.98 Å². The van der Waals surface area contributed by atoms with Crippen LogP contribution in [0.25, 0.3) is 11.1 Å². The number of hydrogen-bond donors (Lipinski definition) is 0. The first-order valence-corrected chi connectivity index (χ1v) is 7.51. The molecule has 0 atom stereocenters. The van der Waals surface area contributed by atoms with Crippen LogP contribution in [0.4, 0.5) is 0 Å². The Labute approximate surface area is 140 Å². The maximum Gasteiger partial charge on any atom is 0.212 e. The summed E-state index contributed by atoms with van der Waals surface area (Å²) < 4.78 is 11.1. The Bertz CT molecular complexity index is 853. The molecule has 0 spiro atoms. The van der Waals surface area contributed by atoms with E-state index in [1.54, 1.807) is 25.4 Å². The van der Waals surface area contributed by atoms with Gasteiger partial charge in [-0.25, -0.2) is 4.98 Å². The van der Waals surface area contributed by atoms with Crippen molar-refractivity contribution >= 4 is 0 Å². The lowest BCUT2D eigenvalue weighted by Crippen LogP contribution is -1.97. The molecule has 0 unspecified atom stereocenters. The minimum atomic E-state index is 0.462. The molecule has 0 saturated heterocycles. The minimum Gasteiger partial charge on any atom is -0.488 e. The van der Waals surface area contributed by atoms with E-state index in [-0.39, 0.29) is 0 Å². The highest BCUT2D eigenvalue weighted by Gasteiger charge is 2.09. The van der Waals surface area contributed by atoms with Crippen LogP contribution < -0.4 is 9.47 Å². The first kappa shape index (κ1) is 15.6. The second kappa shape index (κ2) is 7.30. The van der Waals surface area contributed by atoms with E-state index in [4.69, 9.17) is 14.7 Å². The molecular formula is C20H16N2O2. The maximum absolute atomic E-state index is 9.16. The number of aromatic nitrogens is 1. The molecule has 2 aromatic carbocycles.